The number of carbonyl (C=O) groups excluding carboxylic acids is 2. The Kier molecular flexibility index (Phi) is 5.13. The van der Waals surface area contributed by atoms with Crippen LogP contribution in [-0.2, 0) is 14.3 Å². The summed E-state index contributed by atoms with van der Waals surface area (Å²) in [6, 6.07) is 4.96. The van der Waals surface area contributed by atoms with E-state index in [9.17, 15) is 9.59 Å². The molecule has 0 saturated carbocycles. The van der Waals surface area contributed by atoms with Crippen LogP contribution < -0.4 is 21.1 Å². The maximum atomic E-state index is 12.0. The summed E-state index contributed by atoms with van der Waals surface area (Å²) < 4.78 is 10.6. The van der Waals surface area contributed by atoms with E-state index in [4.69, 9.17) is 15.2 Å². The van der Waals surface area contributed by atoms with Crippen molar-refractivity contribution in [2.24, 2.45) is 5.73 Å². The van der Waals surface area contributed by atoms with Crippen LogP contribution in [0.25, 0.3) is 0 Å². The average molecular weight is 293 g/mol. The van der Waals surface area contributed by atoms with Gasteiger partial charge in [0.25, 0.3) is 5.91 Å². The summed E-state index contributed by atoms with van der Waals surface area (Å²) in [5, 5.41) is 5.39. The summed E-state index contributed by atoms with van der Waals surface area (Å²) in [5.41, 5.74) is 6.33. The van der Waals surface area contributed by atoms with Crippen molar-refractivity contribution in [1.29, 1.82) is 0 Å². The molecule has 7 heteroatoms. The molecule has 1 aliphatic heterocycles. The zero-order chi connectivity index (χ0) is 15.2. The Bertz CT molecular complexity index is 527. The molecule has 1 aromatic rings. The van der Waals surface area contributed by atoms with Gasteiger partial charge in [-0.05, 0) is 25.0 Å². The topological polar surface area (TPSA) is 103 Å². The number of carbonyl (C=O) groups is 2. The first-order valence-corrected chi connectivity index (χ1v) is 6.74. The summed E-state index contributed by atoms with van der Waals surface area (Å²) in [7, 11) is 1.49. The number of anilines is 2. The number of nitrogens with one attached hydrogen (secondary N) is 2. The van der Waals surface area contributed by atoms with Crippen molar-refractivity contribution in [3.63, 3.8) is 0 Å². The monoisotopic (exact) mass is 293 g/mol. The van der Waals surface area contributed by atoms with Crippen molar-refractivity contribution < 1.29 is 19.1 Å². The zero-order valence-electron chi connectivity index (χ0n) is 11.8. The second-order valence-electron chi connectivity index (χ2n) is 4.66. The van der Waals surface area contributed by atoms with Gasteiger partial charge in [0.15, 0.2) is 0 Å². The number of amides is 2. The molecule has 1 aliphatic rings. The highest BCUT2D eigenvalue weighted by Gasteiger charge is 2.24. The number of hydrogen-bond donors (Lipinski definition) is 3. The summed E-state index contributed by atoms with van der Waals surface area (Å²) in [5.74, 6) is -0.0334. The second-order valence-corrected chi connectivity index (χ2v) is 4.66. The highest BCUT2D eigenvalue weighted by molar-refractivity contribution is 5.97. The van der Waals surface area contributed by atoms with E-state index < -0.39 is 6.10 Å². The third-order valence-electron chi connectivity index (χ3n) is 3.15. The molecule has 0 aliphatic carbocycles. The van der Waals surface area contributed by atoms with Crippen LogP contribution in [0.15, 0.2) is 18.2 Å². The summed E-state index contributed by atoms with van der Waals surface area (Å²) >= 11 is 0. The highest BCUT2D eigenvalue weighted by atomic mass is 16.5. The molecule has 1 unspecified atom stereocenters. The van der Waals surface area contributed by atoms with E-state index in [0.29, 0.717) is 23.7 Å². The molecule has 1 aromatic carbocycles. The van der Waals surface area contributed by atoms with Gasteiger partial charge in [-0.15, -0.1) is 0 Å². The van der Waals surface area contributed by atoms with Gasteiger partial charge in [-0.1, -0.05) is 0 Å². The molecule has 2 rings (SSSR count). The first kappa shape index (κ1) is 15.3. The van der Waals surface area contributed by atoms with E-state index in [0.717, 1.165) is 12.8 Å². The van der Waals surface area contributed by atoms with Gasteiger partial charge in [0.2, 0.25) is 5.91 Å². The van der Waals surface area contributed by atoms with Crippen molar-refractivity contribution in [1.82, 2.24) is 0 Å². The van der Waals surface area contributed by atoms with E-state index >= 15 is 0 Å². The fraction of sp³-hybridized carbons (Fsp3) is 0.429. The maximum absolute atomic E-state index is 12.0. The minimum absolute atomic E-state index is 0.0974. The third kappa shape index (κ3) is 3.93. The molecule has 0 spiro atoms. The van der Waals surface area contributed by atoms with Crippen molar-refractivity contribution in [2.45, 2.75) is 18.9 Å². The van der Waals surface area contributed by atoms with Gasteiger partial charge in [-0.2, -0.15) is 0 Å². The number of hydrogen-bond acceptors (Lipinski definition) is 5. The van der Waals surface area contributed by atoms with E-state index in [1.807, 2.05) is 0 Å². The molecule has 2 amide bonds. The Morgan fingerprint density at radius 2 is 2.24 bits per heavy atom. The van der Waals surface area contributed by atoms with Gasteiger partial charge in [0.05, 0.1) is 19.3 Å². The molecule has 0 radical (unpaired) electrons. The molecule has 1 atom stereocenters. The molecule has 1 heterocycles. The summed E-state index contributed by atoms with van der Waals surface area (Å²) in [6.45, 7) is 0.513. The minimum Gasteiger partial charge on any atom is -0.494 e. The molecule has 0 bridgehead atoms. The Balaban J connectivity index is 2.08. The second kappa shape index (κ2) is 7.05. The lowest BCUT2D eigenvalue weighted by Gasteiger charge is -2.14. The van der Waals surface area contributed by atoms with E-state index in [1.165, 1.54) is 7.11 Å². The number of ether oxygens (including phenoxy) is 2. The number of methoxy groups -OCH3 is 1. The smallest absolute Gasteiger partial charge is 0.253 e. The van der Waals surface area contributed by atoms with E-state index in [2.05, 4.69) is 10.6 Å². The molecular weight excluding hydrogens is 274 g/mol. The minimum atomic E-state index is -0.411. The summed E-state index contributed by atoms with van der Waals surface area (Å²) in [4.78, 5) is 23.3. The van der Waals surface area contributed by atoms with E-state index in [1.54, 1.807) is 18.2 Å². The van der Waals surface area contributed by atoms with Crippen LogP contribution in [0.1, 0.15) is 12.8 Å². The fourth-order valence-corrected chi connectivity index (χ4v) is 2.08. The largest absolute Gasteiger partial charge is 0.494 e. The van der Waals surface area contributed by atoms with Crippen molar-refractivity contribution in [3.05, 3.63) is 18.2 Å². The van der Waals surface area contributed by atoms with Gasteiger partial charge >= 0.3 is 0 Å². The number of rotatable bonds is 5. The molecule has 4 N–H and O–H groups in total. The van der Waals surface area contributed by atoms with Gasteiger partial charge < -0.3 is 25.8 Å². The van der Waals surface area contributed by atoms with Gasteiger partial charge in [-0.25, -0.2) is 0 Å². The van der Waals surface area contributed by atoms with Crippen LogP contribution in [0.5, 0.6) is 5.75 Å². The molecule has 21 heavy (non-hydrogen) atoms. The average Bonchev–Trinajstić information content (AvgIpc) is 3.03. The quantitative estimate of drug-likeness (QED) is 0.742. The molecule has 1 fully saturated rings. The lowest BCUT2D eigenvalue weighted by Crippen LogP contribution is -2.27. The van der Waals surface area contributed by atoms with Gasteiger partial charge in [0.1, 0.15) is 11.9 Å². The number of nitrogens with two attached hydrogens (primary N) is 1. The maximum Gasteiger partial charge on any atom is 0.253 e. The van der Waals surface area contributed by atoms with Crippen molar-refractivity contribution in [2.75, 3.05) is 30.9 Å². The standard InChI is InChI=1S/C14H19N3O4/c1-20-12-7-9(16-13(18)8-15)4-5-10(12)17-14(19)11-3-2-6-21-11/h4-5,7,11H,2-3,6,8,15H2,1H3,(H,16,18)(H,17,19). The molecular formula is C14H19N3O4. The predicted molar refractivity (Wildman–Crippen MR) is 78.3 cm³/mol. The van der Waals surface area contributed by atoms with Gasteiger partial charge in [0, 0.05) is 18.4 Å². The SMILES string of the molecule is COc1cc(NC(=O)CN)ccc1NC(=O)C1CCCO1. The molecule has 7 nitrogen and oxygen atoms in total. The Morgan fingerprint density at radius 1 is 1.43 bits per heavy atom. The Morgan fingerprint density at radius 3 is 2.86 bits per heavy atom. The Hall–Kier alpha value is -2.12. The van der Waals surface area contributed by atoms with Crippen molar-refractivity contribution in [3.8, 4) is 5.75 Å². The van der Waals surface area contributed by atoms with Crippen molar-refractivity contribution >= 4 is 23.2 Å². The van der Waals surface area contributed by atoms with E-state index in [-0.39, 0.29) is 18.4 Å². The molecule has 1 saturated heterocycles. The first-order valence-electron chi connectivity index (χ1n) is 6.74. The fourth-order valence-electron chi connectivity index (χ4n) is 2.08. The van der Waals surface area contributed by atoms with Crippen LogP contribution in [0.2, 0.25) is 0 Å². The van der Waals surface area contributed by atoms with Crippen LogP contribution >= 0.6 is 0 Å². The first-order chi connectivity index (χ1) is 10.1. The lowest BCUT2D eigenvalue weighted by molar-refractivity contribution is -0.124. The molecule has 0 aromatic heterocycles. The predicted octanol–water partition coefficient (Wildman–Crippen LogP) is 0.710. The molecule has 114 valence electrons. The Labute approximate surface area is 122 Å². The summed E-state index contributed by atoms with van der Waals surface area (Å²) in [6.07, 6.45) is 1.20. The van der Waals surface area contributed by atoms with Gasteiger partial charge in [-0.3, -0.25) is 9.59 Å². The van der Waals surface area contributed by atoms with Crippen LogP contribution in [0, 0.1) is 0 Å². The zero-order valence-corrected chi connectivity index (χ0v) is 11.8. The van der Waals surface area contributed by atoms with Crippen LogP contribution in [-0.4, -0.2) is 38.2 Å². The number of benzene rings is 1. The van der Waals surface area contributed by atoms with Crippen LogP contribution in [0.4, 0.5) is 11.4 Å². The lowest BCUT2D eigenvalue weighted by atomic mass is 10.2. The van der Waals surface area contributed by atoms with Crippen LogP contribution in [0.3, 0.4) is 0 Å². The normalized spacial score (nSPS) is 17.3. The third-order valence-corrected chi connectivity index (χ3v) is 3.15. The highest BCUT2D eigenvalue weighted by Crippen LogP contribution is 2.28.